The summed E-state index contributed by atoms with van der Waals surface area (Å²) in [5.41, 5.74) is 0. The highest BCUT2D eigenvalue weighted by Gasteiger charge is 2.19. The van der Waals surface area contributed by atoms with Gasteiger partial charge in [-0.15, -0.1) is 0 Å². The molecule has 56 heavy (non-hydrogen) atoms. The van der Waals surface area contributed by atoms with Crippen LogP contribution in [0.25, 0.3) is 0 Å². The number of carbonyl (C=O) groups is 3. The average molecular weight is 791 g/mol. The van der Waals surface area contributed by atoms with Crippen molar-refractivity contribution >= 4 is 17.9 Å². The smallest absolute Gasteiger partial charge is 0.306 e. The molecule has 0 aromatic heterocycles. The van der Waals surface area contributed by atoms with Crippen LogP contribution < -0.4 is 0 Å². The van der Waals surface area contributed by atoms with Crippen LogP contribution in [0.15, 0.2) is 12.2 Å². The number of allylic oxidation sites excluding steroid dienone is 2. The number of unbranched alkanes of at least 4 members (excludes halogenated alkanes) is 32. The summed E-state index contributed by atoms with van der Waals surface area (Å²) in [5.74, 6) is -0.877. The molecule has 0 spiro atoms. The van der Waals surface area contributed by atoms with E-state index >= 15 is 0 Å². The Morgan fingerprint density at radius 2 is 0.589 bits per heavy atom. The maximum Gasteiger partial charge on any atom is 0.306 e. The van der Waals surface area contributed by atoms with Gasteiger partial charge in [-0.1, -0.05) is 219 Å². The lowest BCUT2D eigenvalue weighted by atomic mass is 10.0. The largest absolute Gasteiger partial charge is 0.462 e. The Morgan fingerprint density at radius 3 is 0.893 bits per heavy atom. The lowest BCUT2D eigenvalue weighted by Crippen LogP contribution is -2.30. The third-order valence-electron chi connectivity index (χ3n) is 11.0. The minimum atomic E-state index is -0.758. The van der Waals surface area contributed by atoms with Gasteiger partial charge >= 0.3 is 17.9 Å². The number of esters is 3. The van der Waals surface area contributed by atoms with Crippen LogP contribution in [0.1, 0.15) is 271 Å². The van der Waals surface area contributed by atoms with Gasteiger partial charge in [-0.05, 0) is 44.9 Å². The van der Waals surface area contributed by atoms with E-state index in [0.717, 1.165) is 64.2 Å². The van der Waals surface area contributed by atoms with E-state index in [1.54, 1.807) is 0 Å². The molecule has 6 nitrogen and oxygen atoms in total. The molecule has 6 heteroatoms. The van der Waals surface area contributed by atoms with E-state index in [4.69, 9.17) is 14.2 Å². The zero-order valence-electron chi connectivity index (χ0n) is 37.7. The molecule has 0 aliphatic rings. The van der Waals surface area contributed by atoms with Gasteiger partial charge in [0.1, 0.15) is 13.2 Å². The van der Waals surface area contributed by atoms with E-state index in [9.17, 15) is 14.4 Å². The van der Waals surface area contributed by atoms with Crippen molar-refractivity contribution in [2.75, 3.05) is 13.2 Å². The van der Waals surface area contributed by atoms with Crippen LogP contribution >= 0.6 is 0 Å². The first-order valence-corrected chi connectivity index (χ1v) is 24.7. The predicted octanol–water partition coefficient (Wildman–Crippen LogP) is 15.8. The van der Waals surface area contributed by atoms with Gasteiger partial charge in [0.05, 0.1) is 0 Å². The molecule has 0 rings (SSSR count). The van der Waals surface area contributed by atoms with Crippen LogP contribution in [0.4, 0.5) is 0 Å². The average Bonchev–Trinajstić information content (AvgIpc) is 3.19. The second kappa shape index (κ2) is 45.8. The Kier molecular flexibility index (Phi) is 44.3. The van der Waals surface area contributed by atoms with E-state index in [-0.39, 0.29) is 31.1 Å². The lowest BCUT2D eigenvalue weighted by molar-refractivity contribution is -0.167. The quantitative estimate of drug-likeness (QED) is 0.0264. The highest BCUT2D eigenvalue weighted by atomic mass is 16.6. The Hall–Kier alpha value is -1.85. The Bertz CT molecular complexity index is 870. The predicted molar refractivity (Wildman–Crippen MR) is 238 cm³/mol. The Morgan fingerprint density at radius 1 is 0.339 bits per heavy atom. The van der Waals surface area contributed by atoms with Gasteiger partial charge in [0, 0.05) is 19.3 Å². The summed E-state index contributed by atoms with van der Waals surface area (Å²) in [4.78, 5) is 37.4. The van der Waals surface area contributed by atoms with Gasteiger partial charge in [0.15, 0.2) is 6.10 Å². The first-order chi connectivity index (χ1) is 27.5. The van der Waals surface area contributed by atoms with Crippen LogP contribution in [-0.4, -0.2) is 37.2 Å². The number of carbonyl (C=O) groups excluding carboxylic acids is 3. The molecule has 0 radical (unpaired) electrons. The fourth-order valence-electron chi connectivity index (χ4n) is 7.26. The summed E-state index contributed by atoms with van der Waals surface area (Å²) < 4.78 is 16.6. The molecule has 0 aromatic rings. The number of hydrogen-bond donors (Lipinski definition) is 0. The van der Waals surface area contributed by atoms with E-state index in [0.29, 0.717) is 19.3 Å². The van der Waals surface area contributed by atoms with Crippen LogP contribution in [0, 0.1) is 0 Å². The zero-order chi connectivity index (χ0) is 40.8. The monoisotopic (exact) mass is 791 g/mol. The number of hydrogen-bond acceptors (Lipinski definition) is 6. The SMILES string of the molecule is CCCCCCCCCC/C=C\CCCCCCCCCCCCCCCC(=O)OCC(COC(=O)CCCCCCC)OC(=O)CCCCCCCCCC. The second-order valence-corrected chi connectivity index (χ2v) is 16.7. The topological polar surface area (TPSA) is 78.9 Å². The molecule has 0 fully saturated rings. The molecular weight excluding hydrogens is 697 g/mol. The summed E-state index contributed by atoms with van der Waals surface area (Å²) in [6.07, 6.45) is 49.7. The molecule has 0 saturated heterocycles. The molecule has 0 heterocycles. The molecule has 0 amide bonds. The highest BCUT2D eigenvalue weighted by Crippen LogP contribution is 2.16. The third-order valence-corrected chi connectivity index (χ3v) is 11.0. The maximum absolute atomic E-state index is 12.6. The maximum atomic E-state index is 12.6. The van der Waals surface area contributed by atoms with Crippen molar-refractivity contribution in [2.24, 2.45) is 0 Å². The summed E-state index contributed by atoms with van der Waals surface area (Å²) in [6.45, 7) is 6.54. The molecule has 1 atom stereocenters. The number of rotatable bonds is 45. The highest BCUT2D eigenvalue weighted by molar-refractivity contribution is 5.71. The van der Waals surface area contributed by atoms with Crippen molar-refractivity contribution in [1.29, 1.82) is 0 Å². The van der Waals surface area contributed by atoms with E-state index in [1.807, 2.05) is 0 Å². The molecule has 0 aromatic carbocycles. The van der Waals surface area contributed by atoms with Crippen molar-refractivity contribution in [3.8, 4) is 0 Å². The second-order valence-electron chi connectivity index (χ2n) is 16.7. The molecule has 0 aliphatic carbocycles. The minimum Gasteiger partial charge on any atom is -0.462 e. The van der Waals surface area contributed by atoms with Gasteiger partial charge in [-0.2, -0.15) is 0 Å². The van der Waals surface area contributed by atoms with Crippen LogP contribution in [0.3, 0.4) is 0 Å². The van der Waals surface area contributed by atoms with Crippen LogP contribution in [0.5, 0.6) is 0 Å². The van der Waals surface area contributed by atoms with Crippen LogP contribution in [-0.2, 0) is 28.6 Å². The molecular formula is C50H94O6. The van der Waals surface area contributed by atoms with Crippen LogP contribution in [0.2, 0.25) is 0 Å². The third kappa shape index (κ3) is 43.3. The van der Waals surface area contributed by atoms with Gasteiger partial charge < -0.3 is 14.2 Å². The zero-order valence-corrected chi connectivity index (χ0v) is 37.7. The normalized spacial score (nSPS) is 12.0. The standard InChI is InChI=1S/C50H94O6/c1-4-7-10-13-15-17-18-19-20-21-22-23-24-25-26-27-28-29-30-31-32-33-35-37-40-43-49(52)55-46-47(45-54-48(51)42-39-36-12-9-6-3)56-50(53)44-41-38-34-16-14-11-8-5-2/h21-22,47H,4-20,23-46H2,1-3H3/b22-21-. The van der Waals surface area contributed by atoms with Gasteiger partial charge in [0.2, 0.25) is 0 Å². The van der Waals surface area contributed by atoms with Crippen molar-refractivity contribution in [3.63, 3.8) is 0 Å². The van der Waals surface area contributed by atoms with Gasteiger partial charge in [0.25, 0.3) is 0 Å². The minimum absolute atomic E-state index is 0.0669. The summed E-state index contributed by atoms with van der Waals surface area (Å²) in [7, 11) is 0. The molecule has 0 bridgehead atoms. The lowest BCUT2D eigenvalue weighted by Gasteiger charge is -2.18. The Balaban J connectivity index is 3.93. The summed E-state index contributed by atoms with van der Waals surface area (Å²) in [6, 6.07) is 0. The Labute approximate surface area is 348 Å². The number of ether oxygens (including phenoxy) is 3. The first-order valence-electron chi connectivity index (χ1n) is 24.7. The van der Waals surface area contributed by atoms with Crippen molar-refractivity contribution < 1.29 is 28.6 Å². The van der Waals surface area contributed by atoms with Gasteiger partial charge in [-0.25, -0.2) is 0 Å². The fourth-order valence-corrected chi connectivity index (χ4v) is 7.26. The molecule has 330 valence electrons. The molecule has 0 saturated carbocycles. The fraction of sp³-hybridized carbons (Fsp3) is 0.900. The molecule has 1 unspecified atom stereocenters. The first kappa shape index (κ1) is 54.2. The van der Waals surface area contributed by atoms with E-state index in [1.165, 1.54) is 167 Å². The van der Waals surface area contributed by atoms with E-state index < -0.39 is 6.10 Å². The summed E-state index contributed by atoms with van der Waals surface area (Å²) in [5, 5.41) is 0. The van der Waals surface area contributed by atoms with Gasteiger partial charge in [-0.3, -0.25) is 14.4 Å². The molecule has 0 N–H and O–H groups in total. The van der Waals surface area contributed by atoms with E-state index in [2.05, 4.69) is 32.9 Å². The molecule has 0 aliphatic heterocycles. The van der Waals surface area contributed by atoms with Crippen molar-refractivity contribution in [3.05, 3.63) is 12.2 Å². The van der Waals surface area contributed by atoms with Crippen molar-refractivity contribution in [1.82, 2.24) is 0 Å². The van der Waals surface area contributed by atoms with Crippen molar-refractivity contribution in [2.45, 2.75) is 277 Å². The summed E-state index contributed by atoms with van der Waals surface area (Å²) >= 11 is 0.